The van der Waals surface area contributed by atoms with Crippen LogP contribution in [-0.2, 0) is 9.84 Å². The fourth-order valence-corrected chi connectivity index (χ4v) is 1.49. The summed E-state index contributed by atoms with van der Waals surface area (Å²) in [6, 6.07) is 4.95. The Bertz CT molecular complexity index is 438. The molecule has 0 spiro atoms. The summed E-state index contributed by atoms with van der Waals surface area (Å²) in [5, 5.41) is 10.3. The summed E-state index contributed by atoms with van der Waals surface area (Å²) in [7, 11) is -3.36. The van der Waals surface area contributed by atoms with E-state index < -0.39 is 14.8 Å². The molecule has 0 unspecified atom stereocenters. The van der Waals surface area contributed by atoms with Gasteiger partial charge in [-0.1, -0.05) is 6.07 Å². The molecule has 0 atom stereocenters. The van der Waals surface area contributed by atoms with E-state index in [0.29, 0.717) is 0 Å². The first-order valence-electron chi connectivity index (χ1n) is 3.36. The first kappa shape index (κ1) is 9.66. The highest BCUT2D eigenvalue weighted by atomic mass is 32.2. The molecule has 0 fully saturated rings. The van der Waals surface area contributed by atoms with Crippen molar-refractivity contribution in [2.75, 3.05) is 6.26 Å². The van der Waals surface area contributed by atoms with Crippen LogP contribution in [0.1, 0.15) is 0 Å². The van der Waals surface area contributed by atoms with Gasteiger partial charge < -0.3 is 0 Å². The molecular weight excluding hydrogens is 194 g/mol. The zero-order valence-corrected chi connectivity index (χ0v) is 7.61. The number of nitro benzene ring substituents is 1. The standard InChI is InChI=1S/C7H7NO4S/c1-13(11,12)7-4-2-3-6(5-7)8(9)10/h2-5H,1H3. The molecule has 0 aliphatic carbocycles. The smallest absolute Gasteiger partial charge is 0.258 e. The maximum atomic E-state index is 11.0. The number of rotatable bonds is 2. The summed E-state index contributed by atoms with van der Waals surface area (Å²) in [5.74, 6) is 0. The highest BCUT2D eigenvalue weighted by molar-refractivity contribution is 7.90. The van der Waals surface area contributed by atoms with Crippen LogP contribution >= 0.6 is 0 Å². The van der Waals surface area contributed by atoms with Crippen molar-refractivity contribution < 1.29 is 13.3 Å². The van der Waals surface area contributed by atoms with Crippen LogP contribution in [0.25, 0.3) is 0 Å². The number of non-ortho nitro benzene ring substituents is 1. The Hall–Kier alpha value is -1.43. The van der Waals surface area contributed by atoms with Crippen molar-refractivity contribution in [3.05, 3.63) is 34.4 Å². The zero-order valence-electron chi connectivity index (χ0n) is 6.80. The number of hydrogen-bond donors (Lipinski definition) is 0. The lowest BCUT2D eigenvalue weighted by Crippen LogP contribution is -1.97. The van der Waals surface area contributed by atoms with Crippen LogP contribution in [0.3, 0.4) is 0 Å². The Kier molecular flexibility index (Phi) is 2.33. The summed E-state index contributed by atoms with van der Waals surface area (Å²) in [4.78, 5) is 9.62. The van der Waals surface area contributed by atoms with Gasteiger partial charge in [0.2, 0.25) is 0 Å². The molecule has 0 aliphatic rings. The zero-order chi connectivity index (χ0) is 10.1. The second-order valence-electron chi connectivity index (χ2n) is 2.53. The first-order valence-corrected chi connectivity index (χ1v) is 5.25. The van der Waals surface area contributed by atoms with Gasteiger partial charge in [0.25, 0.3) is 5.69 Å². The molecule has 0 amide bonds. The molecule has 1 rings (SSSR count). The predicted molar refractivity (Wildman–Crippen MR) is 46.2 cm³/mol. The number of nitrogens with zero attached hydrogens (tertiary/aromatic N) is 1. The van der Waals surface area contributed by atoms with Gasteiger partial charge in [-0.05, 0) is 6.07 Å². The molecule has 0 radical (unpaired) electrons. The largest absolute Gasteiger partial charge is 0.270 e. The second-order valence-corrected chi connectivity index (χ2v) is 4.54. The van der Waals surface area contributed by atoms with E-state index in [-0.39, 0.29) is 10.6 Å². The van der Waals surface area contributed by atoms with Crippen LogP contribution in [-0.4, -0.2) is 19.6 Å². The van der Waals surface area contributed by atoms with E-state index in [4.69, 9.17) is 0 Å². The van der Waals surface area contributed by atoms with Gasteiger partial charge in [0.05, 0.1) is 9.82 Å². The van der Waals surface area contributed by atoms with Crippen LogP contribution in [0.2, 0.25) is 0 Å². The molecule has 0 heterocycles. The Balaban J connectivity index is 3.29. The van der Waals surface area contributed by atoms with Crippen molar-refractivity contribution in [1.82, 2.24) is 0 Å². The van der Waals surface area contributed by atoms with Gasteiger partial charge in [0.15, 0.2) is 9.84 Å². The number of benzene rings is 1. The third-order valence-corrected chi connectivity index (χ3v) is 2.57. The van der Waals surface area contributed by atoms with E-state index in [0.717, 1.165) is 12.3 Å². The fraction of sp³-hybridized carbons (Fsp3) is 0.143. The first-order chi connectivity index (χ1) is 5.91. The highest BCUT2D eigenvalue weighted by Gasteiger charge is 2.11. The predicted octanol–water partition coefficient (Wildman–Crippen LogP) is 0.998. The van der Waals surface area contributed by atoms with Gasteiger partial charge in [-0.2, -0.15) is 0 Å². The molecule has 0 saturated heterocycles. The molecule has 6 heteroatoms. The Morgan fingerprint density at radius 1 is 1.38 bits per heavy atom. The highest BCUT2D eigenvalue weighted by Crippen LogP contribution is 2.16. The average Bonchev–Trinajstić information content (AvgIpc) is 2.03. The summed E-state index contributed by atoms with van der Waals surface area (Å²) >= 11 is 0. The van der Waals surface area contributed by atoms with Gasteiger partial charge in [0.1, 0.15) is 0 Å². The van der Waals surface area contributed by atoms with Crippen molar-refractivity contribution in [2.24, 2.45) is 0 Å². The van der Waals surface area contributed by atoms with Crippen LogP contribution in [0, 0.1) is 10.1 Å². The van der Waals surface area contributed by atoms with Crippen molar-refractivity contribution in [3.8, 4) is 0 Å². The topological polar surface area (TPSA) is 77.3 Å². The van der Waals surface area contributed by atoms with Crippen LogP contribution in [0.15, 0.2) is 29.2 Å². The van der Waals surface area contributed by atoms with Gasteiger partial charge in [-0.3, -0.25) is 10.1 Å². The fourth-order valence-electron chi connectivity index (χ4n) is 0.828. The molecule has 13 heavy (non-hydrogen) atoms. The minimum absolute atomic E-state index is 0.0401. The quantitative estimate of drug-likeness (QED) is 0.528. The van der Waals surface area contributed by atoms with Crippen molar-refractivity contribution in [2.45, 2.75) is 4.90 Å². The van der Waals surface area contributed by atoms with E-state index in [2.05, 4.69) is 0 Å². The summed E-state index contributed by atoms with van der Waals surface area (Å²) in [6.45, 7) is 0. The maximum absolute atomic E-state index is 11.0. The van der Waals surface area contributed by atoms with E-state index >= 15 is 0 Å². The molecule has 70 valence electrons. The average molecular weight is 201 g/mol. The SMILES string of the molecule is CS(=O)(=O)c1cccc([N+](=O)[O-])c1. The van der Waals surface area contributed by atoms with Crippen LogP contribution in [0.5, 0.6) is 0 Å². The minimum Gasteiger partial charge on any atom is -0.258 e. The molecule has 0 saturated carbocycles. The monoisotopic (exact) mass is 201 g/mol. The molecule has 1 aromatic carbocycles. The lowest BCUT2D eigenvalue weighted by molar-refractivity contribution is -0.385. The summed E-state index contributed by atoms with van der Waals surface area (Å²) in [5.41, 5.74) is -0.220. The van der Waals surface area contributed by atoms with E-state index in [1.807, 2.05) is 0 Å². The van der Waals surface area contributed by atoms with Gasteiger partial charge >= 0.3 is 0 Å². The molecule has 5 nitrogen and oxygen atoms in total. The Morgan fingerprint density at radius 2 is 2.00 bits per heavy atom. The second kappa shape index (κ2) is 3.14. The Labute approximate surface area is 75.1 Å². The minimum atomic E-state index is -3.36. The molecule has 0 aromatic heterocycles. The lowest BCUT2D eigenvalue weighted by Gasteiger charge is -1.96. The molecule has 0 aliphatic heterocycles. The number of sulfone groups is 1. The van der Waals surface area contributed by atoms with Gasteiger partial charge in [-0.15, -0.1) is 0 Å². The van der Waals surface area contributed by atoms with E-state index in [1.54, 1.807) is 0 Å². The lowest BCUT2D eigenvalue weighted by atomic mass is 10.3. The van der Waals surface area contributed by atoms with Crippen molar-refractivity contribution >= 4 is 15.5 Å². The van der Waals surface area contributed by atoms with Crippen molar-refractivity contribution in [1.29, 1.82) is 0 Å². The number of nitro groups is 1. The number of hydrogen-bond acceptors (Lipinski definition) is 4. The van der Waals surface area contributed by atoms with Crippen LogP contribution in [0.4, 0.5) is 5.69 Å². The van der Waals surface area contributed by atoms with E-state index in [1.165, 1.54) is 18.2 Å². The molecule has 0 bridgehead atoms. The summed E-state index contributed by atoms with van der Waals surface area (Å²) in [6.07, 6.45) is 1.01. The third-order valence-electron chi connectivity index (χ3n) is 1.46. The molecular formula is C7H7NO4S. The molecule has 1 aromatic rings. The maximum Gasteiger partial charge on any atom is 0.270 e. The van der Waals surface area contributed by atoms with Crippen LogP contribution < -0.4 is 0 Å². The van der Waals surface area contributed by atoms with Gasteiger partial charge in [0, 0.05) is 18.4 Å². The van der Waals surface area contributed by atoms with E-state index in [9.17, 15) is 18.5 Å². The molecule has 0 N–H and O–H groups in total. The third kappa shape index (κ3) is 2.25. The normalized spacial score (nSPS) is 11.2. The Morgan fingerprint density at radius 3 is 2.46 bits per heavy atom. The van der Waals surface area contributed by atoms with Crippen molar-refractivity contribution in [3.63, 3.8) is 0 Å². The van der Waals surface area contributed by atoms with Gasteiger partial charge in [-0.25, -0.2) is 8.42 Å². The summed E-state index contributed by atoms with van der Waals surface area (Å²) < 4.78 is 22.0.